The highest BCUT2D eigenvalue weighted by atomic mass is 127. The molecule has 0 radical (unpaired) electrons. The molecule has 142 valence electrons. The van der Waals surface area contributed by atoms with Crippen LogP contribution in [0.25, 0.3) is 0 Å². The van der Waals surface area contributed by atoms with Gasteiger partial charge in [-0.25, -0.2) is 8.42 Å². The van der Waals surface area contributed by atoms with Crippen LogP contribution < -0.4 is 10.6 Å². The maximum atomic E-state index is 11.6. The Hall–Kier alpha value is -0.0500. The van der Waals surface area contributed by atoms with E-state index in [9.17, 15) is 8.42 Å². The first-order chi connectivity index (χ1) is 10.7. The van der Waals surface area contributed by atoms with Crippen molar-refractivity contribution in [3.05, 3.63) is 0 Å². The molecule has 1 aliphatic heterocycles. The molecule has 0 amide bonds. The molecule has 2 N–H and O–H groups in total. The van der Waals surface area contributed by atoms with Crippen LogP contribution in [-0.2, 0) is 9.84 Å². The van der Waals surface area contributed by atoms with E-state index in [1.807, 2.05) is 0 Å². The first-order valence-electron chi connectivity index (χ1n) is 9.03. The third kappa shape index (κ3) is 7.06. The number of halogens is 1. The number of nitrogens with one attached hydrogen (secondary N) is 2. The normalized spacial score (nSPS) is 33.1. The highest BCUT2D eigenvalue weighted by Crippen LogP contribution is 2.29. The zero-order valence-electron chi connectivity index (χ0n) is 15.4. The Kier molecular flexibility index (Phi) is 8.79. The quantitative estimate of drug-likeness (QED) is 0.376. The van der Waals surface area contributed by atoms with Gasteiger partial charge in [-0.3, -0.25) is 4.99 Å². The fraction of sp³-hybridized carbons (Fsp3) is 0.941. The van der Waals surface area contributed by atoms with Gasteiger partial charge in [-0.2, -0.15) is 0 Å². The Balaban J connectivity index is 0.00000288. The second kappa shape index (κ2) is 9.59. The lowest BCUT2D eigenvalue weighted by molar-refractivity contribution is 0.239. The van der Waals surface area contributed by atoms with Gasteiger partial charge in [-0.05, 0) is 57.3 Å². The molecule has 5 nitrogen and oxygen atoms in total. The summed E-state index contributed by atoms with van der Waals surface area (Å²) in [5.41, 5.74) is 0. The summed E-state index contributed by atoms with van der Waals surface area (Å²) >= 11 is 0. The maximum absolute atomic E-state index is 11.6. The van der Waals surface area contributed by atoms with Crippen LogP contribution >= 0.6 is 24.0 Å². The van der Waals surface area contributed by atoms with E-state index in [2.05, 4.69) is 43.3 Å². The van der Waals surface area contributed by atoms with E-state index in [-0.39, 0.29) is 29.9 Å². The molecule has 0 bridgehead atoms. The Labute approximate surface area is 164 Å². The highest BCUT2D eigenvalue weighted by Gasteiger charge is 2.28. The van der Waals surface area contributed by atoms with Crippen LogP contribution in [0.15, 0.2) is 4.99 Å². The second-order valence-corrected chi connectivity index (χ2v) is 10.1. The molecule has 0 aromatic heterocycles. The van der Waals surface area contributed by atoms with E-state index in [4.69, 9.17) is 0 Å². The van der Waals surface area contributed by atoms with Crippen LogP contribution in [0.5, 0.6) is 0 Å². The molecule has 0 spiro atoms. The minimum atomic E-state index is -2.82. The monoisotopic (exact) mass is 471 g/mol. The van der Waals surface area contributed by atoms with Crippen molar-refractivity contribution in [1.29, 1.82) is 0 Å². The predicted molar refractivity (Wildman–Crippen MR) is 112 cm³/mol. The van der Waals surface area contributed by atoms with Crippen LogP contribution in [0.4, 0.5) is 0 Å². The lowest BCUT2D eigenvalue weighted by Crippen LogP contribution is -2.48. The average molecular weight is 471 g/mol. The molecule has 2 rings (SSSR count). The molecule has 4 atom stereocenters. The zero-order chi connectivity index (χ0) is 17.0. The number of rotatable bonds is 4. The van der Waals surface area contributed by atoms with Gasteiger partial charge in [0.05, 0.1) is 11.5 Å². The van der Waals surface area contributed by atoms with Crippen molar-refractivity contribution in [1.82, 2.24) is 10.6 Å². The van der Waals surface area contributed by atoms with Gasteiger partial charge >= 0.3 is 0 Å². The van der Waals surface area contributed by atoms with Crippen molar-refractivity contribution in [3.8, 4) is 0 Å². The number of sulfone groups is 1. The lowest BCUT2D eigenvalue weighted by Gasteiger charge is -2.33. The Morgan fingerprint density at radius 1 is 1.17 bits per heavy atom. The molecule has 0 aromatic carbocycles. The minimum absolute atomic E-state index is 0. The molecule has 1 saturated heterocycles. The summed E-state index contributed by atoms with van der Waals surface area (Å²) in [6, 6.07) is 0.784. The Morgan fingerprint density at radius 3 is 2.42 bits per heavy atom. The first kappa shape index (κ1) is 22.0. The fourth-order valence-corrected chi connectivity index (χ4v) is 5.36. The number of guanidine groups is 1. The Morgan fingerprint density at radius 2 is 1.88 bits per heavy atom. The highest BCUT2D eigenvalue weighted by molar-refractivity contribution is 14.0. The van der Waals surface area contributed by atoms with Crippen molar-refractivity contribution in [2.24, 2.45) is 22.7 Å². The summed E-state index contributed by atoms with van der Waals surface area (Å²) in [6.07, 6.45) is 4.37. The van der Waals surface area contributed by atoms with E-state index in [0.29, 0.717) is 30.1 Å². The molecule has 2 fully saturated rings. The molecule has 4 unspecified atom stereocenters. The molecular formula is C17H34IN3O2S. The lowest BCUT2D eigenvalue weighted by atomic mass is 9.79. The van der Waals surface area contributed by atoms with Gasteiger partial charge in [0.25, 0.3) is 0 Å². The minimum Gasteiger partial charge on any atom is -0.354 e. The van der Waals surface area contributed by atoms with Crippen LogP contribution in [0.1, 0.15) is 53.4 Å². The summed E-state index contributed by atoms with van der Waals surface area (Å²) in [5.74, 6) is 3.18. The van der Waals surface area contributed by atoms with Gasteiger partial charge in [-0.15, -0.1) is 24.0 Å². The number of nitrogens with zero attached hydrogens (tertiary/aromatic N) is 1. The van der Waals surface area contributed by atoms with Gasteiger partial charge in [-0.1, -0.05) is 13.8 Å². The van der Waals surface area contributed by atoms with E-state index in [1.54, 1.807) is 0 Å². The number of hydrogen-bond donors (Lipinski definition) is 2. The van der Waals surface area contributed by atoms with Gasteiger partial charge in [0, 0.05) is 18.6 Å². The largest absolute Gasteiger partial charge is 0.354 e. The molecule has 0 aromatic rings. The molecule has 1 saturated carbocycles. The van der Waals surface area contributed by atoms with Crippen molar-refractivity contribution in [3.63, 3.8) is 0 Å². The smallest absolute Gasteiger partial charge is 0.191 e. The Bertz CT molecular complexity index is 522. The van der Waals surface area contributed by atoms with Gasteiger partial charge in [0.15, 0.2) is 15.8 Å². The first-order valence-corrected chi connectivity index (χ1v) is 10.8. The molecule has 24 heavy (non-hydrogen) atoms. The summed E-state index contributed by atoms with van der Waals surface area (Å²) in [4.78, 5) is 4.68. The van der Waals surface area contributed by atoms with E-state index < -0.39 is 9.84 Å². The van der Waals surface area contributed by atoms with Crippen LogP contribution in [0, 0.1) is 17.8 Å². The van der Waals surface area contributed by atoms with E-state index in [0.717, 1.165) is 24.2 Å². The van der Waals surface area contributed by atoms with Crippen molar-refractivity contribution in [2.45, 2.75) is 65.5 Å². The summed E-state index contributed by atoms with van der Waals surface area (Å²) in [6.45, 7) is 9.46. The fourth-order valence-electron chi connectivity index (χ4n) is 3.51. The van der Waals surface area contributed by atoms with Crippen molar-refractivity contribution >= 4 is 39.8 Å². The molecule has 7 heteroatoms. The van der Waals surface area contributed by atoms with Gasteiger partial charge in [0.1, 0.15) is 0 Å². The molecule has 1 heterocycles. The standard InChI is InChI=1S/C17H33N3O2S.HI/c1-12(2)19-17(18-10-15-7-8-23(21,22)11-15)20-16-6-5-13(3)14(4)9-16;/h12-16H,5-11H2,1-4H3,(H2,18,19,20);1H. The zero-order valence-corrected chi connectivity index (χ0v) is 18.6. The van der Waals surface area contributed by atoms with E-state index in [1.165, 1.54) is 19.3 Å². The summed E-state index contributed by atoms with van der Waals surface area (Å²) < 4.78 is 23.1. The third-order valence-corrected chi connectivity index (χ3v) is 7.04. The maximum Gasteiger partial charge on any atom is 0.191 e. The van der Waals surface area contributed by atoms with Crippen LogP contribution in [0.2, 0.25) is 0 Å². The van der Waals surface area contributed by atoms with Gasteiger partial charge in [0.2, 0.25) is 0 Å². The number of hydrogen-bond acceptors (Lipinski definition) is 3. The summed E-state index contributed by atoms with van der Waals surface area (Å²) in [5, 5.41) is 6.96. The molecule has 2 aliphatic rings. The second-order valence-electron chi connectivity index (χ2n) is 7.87. The summed E-state index contributed by atoms with van der Waals surface area (Å²) in [7, 11) is -2.82. The van der Waals surface area contributed by atoms with Gasteiger partial charge < -0.3 is 10.6 Å². The average Bonchev–Trinajstić information content (AvgIpc) is 2.79. The predicted octanol–water partition coefficient (Wildman–Crippen LogP) is 2.81. The number of aliphatic imine (C=N–C) groups is 1. The van der Waals surface area contributed by atoms with E-state index >= 15 is 0 Å². The molecular weight excluding hydrogens is 437 g/mol. The molecule has 1 aliphatic carbocycles. The van der Waals surface area contributed by atoms with Crippen molar-refractivity contribution in [2.75, 3.05) is 18.1 Å². The van der Waals surface area contributed by atoms with Crippen molar-refractivity contribution < 1.29 is 8.42 Å². The topological polar surface area (TPSA) is 70.6 Å². The van der Waals surface area contributed by atoms with Crippen LogP contribution in [-0.4, -0.2) is 44.5 Å². The van der Waals surface area contributed by atoms with Crippen LogP contribution in [0.3, 0.4) is 0 Å². The third-order valence-electron chi connectivity index (χ3n) is 5.20. The SMILES string of the molecule is CC(C)NC(=NCC1CCS(=O)(=O)C1)NC1CCC(C)C(C)C1.I.